The lowest BCUT2D eigenvalue weighted by Gasteiger charge is -2.31. The van der Waals surface area contributed by atoms with E-state index in [4.69, 9.17) is 16.3 Å². The maximum Gasteiger partial charge on any atom is 0.244 e. The summed E-state index contributed by atoms with van der Waals surface area (Å²) in [6.07, 6.45) is 3.44. The number of ether oxygens (including phenoxy) is 1. The van der Waals surface area contributed by atoms with E-state index in [1.165, 1.54) is 4.31 Å². The van der Waals surface area contributed by atoms with Crippen LogP contribution in [-0.4, -0.2) is 43.1 Å². The minimum absolute atomic E-state index is 0.0150. The van der Waals surface area contributed by atoms with Crippen LogP contribution in [0.4, 0.5) is 0 Å². The van der Waals surface area contributed by atoms with Crippen molar-refractivity contribution in [3.8, 4) is 0 Å². The highest BCUT2D eigenvalue weighted by Gasteiger charge is 2.31. The molecule has 1 saturated heterocycles. The number of nitrogens with zero attached hydrogens (tertiary/aromatic N) is 2. The molecule has 1 aliphatic heterocycles. The van der Waals surface area contributed by atoms with Crippen LogP contribution < -0.4 is 0 Å². The van der Waals surface area contributed by atoms with Crippen LogP contribution in [-0.2, 0) is 27.2 Å². The number of rotatable bonds is 6. The molecule has 1 unspecified atom stereocenters. The van der Waals surface area contributed by atoms with E-state index in [9.17, 15) is 8.42 Å². The first-order valence-corrected chi connectivity index (χ1v) is 9.37. The second kappa shape index (κ2) is 7.13. The molecule has 0 N–H and O–H groups in total. The number of aromatic nitrogens is 1. The first-order valence-electron chi connectivity index (χ1n) is 7.39. The Morgan fingerprint density at radius 1 is 1.43 bits per heavy atom. The van der Waals surface area contributed by atoms with Gasteiger partial charge in [-0.3, -0.25) is 0 Å². The van der Waals surface area contributed by atoms with Crippen molar-refractivity contribution in [2.24, 2.45) is 0 Å². The molecule has 0 amide bonds. The van der Waals surface area contributed by atoms with Gasteiger partial charge in [-0.05, 0) is 18.9 Å². The van der Waals surface area contributed by atoms with Crippen molar-refractivity contribution in [1.82, 2.24) is 8.87 Å². The number of alkyl halides is 1. The van der Waals surface area contributed by atoms with Gasteiger partial charge in [0.1, 0.15) is 4.90 Å². The van der Waals surface area contributed by atoms with E-state index in [2.05, 4.69) is 6.92 Å². The van der Waals surface area contributed by atoms with E-state index in [-0.39, 0.29) is 6.10 Å². The summed E-state index contributed by atoms with van der Waals surface area (Å²) < 4.78 is 34.5. The van der Waals surface area contributed by atoms with Crippen molar-refractivity contribution < 1.29 is 13.2 Å². The summed E-state index contributed by atoms with van der Waals surface area (Å²) in [4.78, 5) is 0.336. The third-order valence-electron chi connectivity index (χ3n) is 3.76. The first kappa shape index (κ1) is 16.8. The molecule has 0 aromatic carbocycles. The summed E-state index contributed by atoms with van der Waals surface area (Å²) in [5.74, 6) is 0.316. The molecule has 0 saturated carbocycles. The number of morpholine rings is 1. The van der Waals surface area contributed by atoms with E-state index in [0.717, 1.165) is 25.1 Å². The summed E-state index contributed by atoms with van der Waals surface area (Å²) in [6.45, 7) is 6.13. The average Bonchev–Trinajstić information content (AvgIpc) is 2.91. The standard InChI is InChI=1S/C14H23ClN2O3S/c1-3-5-16-11-14(8-12(16)9-15)21(18,19)17-6-7-20-13(4-2)10-17/h8,11,13H,3-7,9-10H2,1-2H3. The van der Waals surface area contributed by atoms with Gasteiger partial charge in [0.25, 0.3) is 0 Å². The number of hydrogen-bond acceptors (Lipinski definition) is 3. The van der Waals surface area contributed by atoms with Crippen molar-refractivity contribution in [2.45, 2.75) is 50.1 Å². The molecular formula is C14H23ClN2O3S. The van der Waals surface area contributed by atoms with E-state index in [0.29, 0.717) is 30.5 Å². The SMILES string of the molecule is CCCn1cc(S(=O)(=O)N2CCOC(CC)C2)cc1CCl. The molecule has 0 radical (unpaired) electrons. The summed E-state index contributed by atoms with van der Waals surface area (Å²) in [5.41, 5.74) is 0.845. The molecule has 1 atom stereocenters. The van der Waals surface area contributed by atoms with Crippen LogP contribution in [0.15, 0.2) is 17.2 Å². The maximum atomic E-state index is 12.7. The Balaban J connectivity index is 2.26. The largest absolute Gasteiger partial charge is 0.375 e. The molecule has 0 spiro atoms. The van der Waals surface area contributed by atoms with E-state index in [1.54, 1.807) is 12.3 Å². The van der Waals surface area contributed by atoms with Gasteiger partial charge in [-0.2, -0.15) is 4.31 Å². The van der Waals surface area contributed by atoms with Crippen LogP contribution in [0.1, 0.15) is 32.4 Å². The fourth-order valence-corrected chi connectivity index (χ4v) is 4.28. The van der Waals surface area contributed by atoms with Gasteiger partial charge in [-0.15, -0.1) is 11.6 Å². The van der Waals surface area contributed by atoms with Gasteiger partial charge in [0, 0.05) is 31.5 Å². The van der Waals surface area contributed by atoms with Gasteiger partial charge in [0.15, 0.2) is 0 Å². The van der Waals surface area contributed by atoms with Crippen LogP contribution in [0.3, 0.4) is 0 Å². The normalized spacial score (nSPS) is 20.8. The summed E-state index contributed by atoms with van der Waals surface area (Å²) >= 11 is 5.91. The smallest absolute Gasteiger partial charge is 0.244 e. The van der Waals surface area contributed by atoms with Crippen LogP contribution in [0, 0.1) is 0 Å². The highest BCUT2D eigenvalue weighted by Crippen LogP contribution is 2.23. The second-order valence-electron chi connectivity index (χ2n) is 5.26. The van der Waals surface area contributed by atoms with E-state index < -0.39 is 10.0 Å². The predicted octanol–water partition coefficient (Wildman–Crippen LogP) is 2.44. The zero-order chi connectivity index (χ0) is 15.5. The Bertz CT molecular complexity index is 571. The Morgan fingerprint density at radius 2 is 2.19 bits per heavy atom. The topological polar surface area (TPSA) is 51.5 Å². The third kappa shape index (κ3) is 3.62. The molecule has 1 aromatic rings. The fourth-order valence-electron chi connectivity index (χ4n) is 2.53. The van der Waals surface area contributed by atoms with Crippen LogP contribution in [0.2, 0.25) is 0 Å². The molecule has 1 aromatic heterocycles. The zero-order valence-electron chi connectivity index (χ0n) is 12.6. The lowest BCUT2D eigenvalue weighted by atomic mass is 10.2. The molecule has 2 heterocycles. The monoisotopic (exact) mass is 334 g/mol. The van der Waals surface area contributed by atoms with Crippen molar-refractivity contribution in [2.75, 3.05) is 19.7 Å². The summed E-state index contributed by atoms with van der Waals surface area (Å²) in [5, 5.41) is 0. The minimum Gasteiger partial charge on any atom is -0.375 e. The molecular weight excluding hydrogens is 312 g/mol. The Kier molecular flexibility index (Phi) is 5.71. The predicted molar refractivity (Wildman–Crippen MR) is 83.1 cm³/mol. The maximum absolute atomic E-state index is 12.7. The number of aryl methyl sites for hydroxylation is 1. The first-order chi connectivity index (χ1) is 10.0. The van der Waals surface area contributed by atoms with Gasteiger partial charge in [0.05, 0.1) is 18.6 Å². The summed E-state index contributed by atoms with van der Waals surface area (Å²) in [7, 11) is -3.46. The van der Waals surface area contributed by atoms with Crippen molar-refractivity contribution in [3.05, 3.63) is 18.0 Å². The van der Waals surface area contributed by atoms with Crippen LogP contribution >= 0.6 is 11.6 Å². The molecule has 2 rings (SSSR count). The van der Waals surface area contributed by atoms with Gasteiger partial charge >= 0.3 is 0 Å². The van der Waals surface area contributed by atoms with Gasteiger partial charge < -0.3 is 9.30 Å². The molecule has 0 aliphatic carbocycles. The summed E-state index contributed by atoms with van der Waals surface area (Å²) in [6, 6.07) is 1.69. The van der Waals surface area contributed by atoms with Gasteiger partial charge in [0.2, 0.25) is 10.0 Å². The fraction of sp³-hybridized carbons (Fsp3) is 0.714. The Morgan fingerprint density at radius 3 is 2.81 bits per heavy atom. The average molecular weight is 335 g/mol. The molecule has 120 valence electrons. The van der Waals surface area contributed by atoms with E-state index in [1.807, 2.05) is 11.5 Å². The molecule has 21 heavy (non-hydrogen) atoms. The Labute approximate surface area is 131 Å². The molecule has 1 fully saturated rings. The zero-order valence-corrected chi connectivity index (χ0v) is 14.2. The van der Waals surface area contributed by atoms with Crippen LogP contribution in [0.25, 0.3) is 0 Å². The van der Waals surface area contributed by atoms with Crippen molar-refractivity contribution >= 4 is 21.6 Å². The number of halogens is 1. The van der Waals surface area contributed by atoms with Crippen molar-refractivity contribution in [3.63, 3.8) is 0 Å². The van der Waals surface area contributed by atoms with Gasteiger partial charge in [-0.1, -0.05) is 13.8 Å². The van der Waals surface area contributed by atoms with Crippen LogP contribution in [0.5, 0.6) is 0 Å². The molecule has 0 bridgehead atoms. The third-order valence-corrected chi connectivity index (χ3v) is 5.86. The minimum atomic E-state index is -3.46. The Hall–Kier alpha value is -0.560. The second-order valence-corrected chi connectivity index (χ2v) is 7.46. The number of sulfonamides is 1. The molecule has 1 aliphatic rings. The molecule has 7 heteroatoms. The lowest BCUT2D eigenvalue weighted by Crippen LogP contribution is -2.45. The van der Waals surface area contributed by atoms with Crippen molar-refractivity contribution in [1.29, 1.82) is 0 Å². The number of hydrogen-bond donors (Lipinski definition) is 0. The quantitative estimate of drug-likeness (QED) is 0.751. The molecule has 5 nitrogen and oxygen atoms in total. The van der Waals surface area contributed by atoms with E-state index >= 15 is 0 Å². The highest BCUT2D eigenvalue weighted by atomic mass is 35.5. The van der Waals surface area contributed by atoms with Gasteiger partial charge in [-0.25, -0.2) is 8.42 Å². The lowest BCUT2D eigenvalue weighted by molar-refractivity contribution is -0.00277. The highest BCUT2D eigenvalue weighted by molar-refractivity contribution is 7.89.